The van der Waals surface area contributed by atoms with Crippen molar-refractivity contribution < 1.29 is 13.2 Å². The van der Waals surface area contributed by atoms with Crippen LogP contribution < -0.4 is 10.0 Å². The maximum atomic E-state index is 13.1. The first-order chi connectivity index (χ1) is 16.7. The summed E-state index contributed by atoms with van der Waals surface area (Å²) in [5.41, 5.74) is 3.12. The van der Waals surface area contributed by atoms with Crippen molar-refractivity contribution in [2.45, 2.75) is 25.2 Å². The first-order valence-corrected chi connectivity index (χ1v) is 12.9. The Morgan fingerprint density at radius 3 is 2.17 bits per heavy atom. The summed E-state index contributed by atoms with van der Waals surface area (Å²) in [6.07, 6.45) is 1.97. The van der Waals surface area contributed by atoms with Crippen LogP contribution >= 0.6 is 23.2 Å². The highest BCUT2D eigenvalue weighted by Crippen LogP contribution is 2.26. The second-order valence-corrected chi connectivity index (χ2v) is 10.3. The number of nitrogens with one attached hydrogen (secondary N) is 2. The number of nitrogens with zero attached hydrogens (tertiary/aromatic N) is 2. The van der Waals surface area contributed by atoms with Crippen LogP contribution in [0.25, 0.3) is 5.69 Å². The molecule has 4 rings (SSSR count). The molecule has 1 amide bonds. The molecule has 1 aromatic heterocycles. The Balaban J connectivity index is 1.60. The molecule has 2 N–H and O–H groups in total. The molecule has 0 fully saturated rings. The van der Waals surface area contributed by atoms with Crippen LogP contribution in [0.3, 0.4) is 0 Å². The summed E-state index contributed by atoms with van der Waals surface area (Å²) in [7, 11) is -3.91. The molecule has 0 atom stereocenters. The summed E-state index contributed by atoms with van der Waals surface area (Å²) in [4.78, 5) is 13.1. The molecule has 0 radical (unpaired) electrons. The van der Waals surface area contributed by atoms with Gasteiger partial charge in [0.05, 0.1) is 28.0 Å². The SMILES string of the molecule is CCc1ccc(NC(=O)c2cnn(-c3ccc(Cl)cc3)c2C)cc1S(=O)(=O)Nc1ccc(Cl)cc1. The van der Waals surface area contributed by atoms with Crippen LogP contribution in [-0.4, -0.2) is 24.1 Å². The van der Waals surface area contributed by atoms with Gasteiger partial charge in [0.15, 0.2) is 0 Å². The number of benzene rings is 3. The molecule has 0 bridgehead atoms. The van der Waals surface area contributed by atoms with E-state index in [9.17, 15) is 13.2 Å². The minimum absolute atomic E-state index is 0.0846. The molecule has 0 aliphatic rings. The van der Waals surface area contributed by atoms with Crippen molar-refractivity contribution in [3.8, 4) is 5.69 Å². The van der Waals surface area contributed by atoms with Crippen LogP contribution in [0.15, 0.2) is 77.8 Å². The molecule has 7 nitrogen and oxygen atoms in total. The number of aryl methyl sites for hydroxylation is 1. The van der Waals surface area contributed by atoms with Gasteiger partial charge in [-0.2, -0.15) is 5.10 Å². The van der Waals surface area contributed by atoms with E-state index in [1.165, 1.54) is 12.3 Å². The summed E-state index contributed by atoms with van der Waals surface area (Å²) in [6.45, 7) is 3.64. The number of hydrogen-bond donors (Lipinski definition) is 2. The third-order valence-electron chi connectivity index (χ3n) is 5.42. The highest BCUT2D eigenvalue weighted by molar-refractivity contribution is 7.92. The molecular formula is C25H22Cl2N4O3S. The fourth-order valence-electron chi connectivity index (χ4n) is 3.58. The van der Waals surface area contributed by atoms with Gasteiger partial charge < -0.3 is 5.32 Å². The van der Waals surface area contributed by atoms with Crippen molar-refractivity contribution in [2.75, 3.05) is 10.0 Å². The molecule has 10 heteroatoms. The van der Waals surface area contributed by atoms with Crippen LogP contribution in [0.5, 0.6) is 0 Å². The van der Waals surface area contributed by atoms with Crippen molar-refractivity contribution in [1.82, 2.24) is 9.78 Å². The predicted molar refractivity (Wildman–Crippen MR) is 139 cm³/mol. The zero-order chi connectivity index (χ0) is 25.2. The van der Waals surface area contributed by atoms with Gasteiger partial charge in [-0.05, 0) is 79.6 Å². The van der Waals surface area contributed by atoms with E-state index in [2.05, 4.69) is 15.1 Å². The largest absolute Gasteiger partial charge is 0.322 e. The highest BCUT2D eigenvalue weighted by atomic mass is 35.5. The van der Waals surface area contributed by atoms with Crippen LogP contribution in [0.4, 0.5) is 11.4 Å². The summed E-state index contributed by atoms with van der Waals surface area (Å²) in [5, 5.41) is 8.20. The predicted octanol–water partition coefficient (Wildman–Crippen LogP) is 6.10. The highest BCUT2D eigenvalue weighted by Gasteiger charge is 2.21. The van der Waals surface area contributed by atoms with E-state index in [-0.39, 0.29) is 4.90 Å². The van der Waals surface area contributed by atoms with Gasteiger partial charge in [0.2, 0.25) is 0 Å². The van der Waals surface area contributed by atoms with E-state index < -0.39 is 15.9 Å². The Labute approximate surface area is 213 Å². The molecule has 0 saturated heterocycles. The fourth-order valence-corrected chi connectivity index (χ4v) is 5.22. The van der Waals surface area contributed by atoms with Crippen molar-refractivity contribution in [2.24, 2.45) is 0 Å². The van der Waals surface area contributed by atoms with Crippen LogP contribution in [0.1, 0.15) is 28.5 Å². The lowest BCUT2D eigenvalue weighted by atomic mass is 10.1. The van der Waals surface area contributed by atoms with Gasteiger partial charge in [0, 0.05) is 21.4 Å². The van der Waals surface area contributed by atoms with Crippen LogP contribution in [-0.2, 0) is 16.4 Å². The van der Waals surface area contributed by atoms with Crippen molar-refractivity contribution >= 4 is 50.5 Å². The lowest BCUT2D eigenvalue weighted by Gasteiger charge is -2.14. The van der Waals surface area contributed by atoms with Gasteiger partial charge in [-0.1, -0.05) is 36.2 Å². The van der Waals surface area contributed by atoms with Gasteiger partial charge in [-0.25, -0.2) is 13.1 Å². The van der Waals surface area contributed by atoms with Crippen molar-refractivity contribution in [3.05, 3.63) is 99.8 Å². The number of carbonyl (C=O) groups excluding carboxylic acids is 1. The van der Waals surface area contributed by atoms with E-state index in [0.29, 0.717) is 44.7 Å². The fraction of sp³-hybridized carbons (Fsp3) is 0.120. The number of aromatic nitrogens is 2. The molecule has 35 heavy (non-hydrogen) atoms. The summed E-state index contributed by atoms with van der Waals surface area (Å²) >= 11 is 11.8. The van der Waals surface area contributed by atoms with E-state index in [4.69, 9.17) is 23.2 Å². The Hall–Kier alpha value is -3.33. The number of amides is 1. The number of carbonyl (C=O) groups is 1. The number of halogens is 2. The Morgan fingerprint density at radius 2 is 1.54 bits per heavy atom. The molecule has 0 aliphatic carbocycles. The average molecular weight is 529 g/mol. The maximum absolute atomic E-state index is 13.1. The molecule has 3 aromatic carbocycles. The van der Waals surface area contributed by atoms with E-state index in [1.807, 2.05) is 6.92 Å². The topological polar surface area (TPSA) is 93.1 Å². The monoisotopic (exact) mass is 528 g/mol. The van der Waals surface area contributed by atoms with E-state index >= 15 is 0 Å². The Bertz CT molecular complexity index is 1480. The standard InChI is InChI=1S/C25H22Cl2N4O3S/c1-3-17-4-9-21(14-24(17)35(33,34)30-20-10-5-18(26)6-11-20)29-25(32)23-15-28-31(16(23)2)22-12-7-19(27)8-13-22/h4-15,30H,3H2,1-2H3,(H,29,32). The molecule has 1 heterocycles. The second-order valence-electron chi connectivity index (χ2n) is 7.77. The van der Waals surface area contributed by atoms with Gasteiger partial charge in [0.25, 0.3) is 15.9 Å². The van der Waals surface area contributed by atoms with Crippen LogP contribution in [0.2, 0.25) is 10.0 Å². The quantitative estimate of drug-likeness (QED) is 0.303. The summed E-state index contributed by atoms with van der Waals surface area (Å²) in [6, 6.07) is 18.3. The molecule has 0 aliphatic heterocycles. The minimum Gasteiger partial charge on any atom is -0.322 e. The molecule has 180 valence electrons. The molecule has 4 aromatic rings. The smallest absolute Gasteiger partial charge is 0.262 e. The van der Waals surface area contributed by atoms with Gasteiger partial charge >= 0.3 is 0 Å². The normalized spacial score (nSPS) is 11.3. The van der Waals surface area contributed by atoms with Gasteiger partial charge in [-0.3, -0.25) is 9.52 Å². The van der Waals surface area contributed by atoms with Gasteiger partial charge in [0.1, 0.15) is 0 Å². The van der Waals surface area contributed by atoms with Crippen LogP contribution in [0, 0.1) is 6.92 Å². The van der Waals surface area contributed by atoms with Crippen molar-refractivity contribution in [3.63, 3.8) is 0 Å². The molecule has 0 spiro atoms. The lowest BCUT2D eigenvalue weighted by molar-refractivity contribution is 0.102. The van der Waals surface area contributed by atoms with Gasteiger partial charge in [-0.15, -0.1) is 0 Å². The number of rotatable bonds is 7. The summed E-state index contributed by atoms with van der Waals surface area (Å²) < 4.78 is 30.5. The average Bonchev–Trinajstić information content (AvgIpc) is 3.22. The number of hydrogen-bond acceptors (Lipinski definition) is 4. The molecular weight excluding hydrogens is 507 g/mol. The maximum Gasteiger partial charge on any atom is 0.262 e. The third-order valence-corrected chi connectivity index (χ3v) is 7.38. The lowest BCUT2D eigenvalue weighted by Crippen LogP contribution is -2.17. The third kappa shape index (κ3) is 5.51. The Kier molecular flexibility index (Phi) is 7.16. The first kappa shape index (κ1) is 24.8. The molecule has 0 unspecified atom stereocenters. The molecule has 0 saturated carbocycles. The Morgan fingerprint density at radius 1 is 0.943 bits per heavy atom. The first-order valence-electron chi connectivity index (χ1n) is 10.7. The zero-order valence-electron chi connectivity index (χ0n) is 18.9. The number of anilines is 2. The second kappa shape index (κ2) is 10.1. The number of sulfonamides is 1. The van der Waals surface area contributed by atoms with E-state index in [1.54, 1.807) is 72.3 Å². The van der Waals surface area contributed by atoms with E-state index in [0.717, 1.165) is 5.69 Å². The zero-order valence-corrected chi connectivity index (χ0v) is 21.2. The minimum atomic E-state index is -3.91. The summed E-state index contributed by atoms with van der Waals surface area (Å²) in [5.74, 6) is -0.402. The van der Waals surface area contributed by atoms with Crippen molar-refractivity contribution in [1.29, 1.82) is 0 Å².